The first-order valence-corrected chi connectivity index (χ1v) is 5.85. The normalized spacial score (nSPS) is 34.9. The summed E-state index contributed by atoms with van der Waals surface area (Å²) >= 11 is 0. The van der Waals surface area contributed by atoms with Crippen LogP contribution in [0, 0.1) is 5.92 Å². The minimum atomic E-state index is -0.102. The molecule has 3 heteroatoms. The van der Waals surface area contributed by atoms with Crippen molar-refractivity contribution in [2.24, 2.45) is 5.92 Å². The Hall–Kier alpha value is -0.120. The molecule has 2 rings (SSSR count). The summed E-state index contributed by atoms with van der Waals surface area (Å²) < 4.78 is 5.32. The Morgan fingerprint density at radius 1 is 1.14 bits per heavy atom. The number of hydrogen-bond donors (Lipinski definition) is 2. The smallest absolute Gasteiger partial charge is 0.0693 e. The number of nitrogens with one attached hydrogen (secondary N) is 1. The van der Waals surface area contributed by atoms with E-state index in [1.54, 1.807) is 0 Å². The van der Waals surface area contributed by atoms with Crippen molar-refractivity contribution in [3.63, 3.8) is 0 Å². The van der Waals surface area contributed by atoms with Crippen LogP contribution in [0.5, 0.6) is 0 Å². The van der Waals surface area contributed by atoms with E-state index in [9.17, 15) is 5.11 Å². The van der Waals surface area contributed by atoms with E-state index >= 15 is 0 Å². The van der Waals surface area contributed by atoms with Crippen LogP contribution < -0.4 is 5.32 Å². The molecule has 0 bridgehead atoms. The van der Waals surface area contributed by atoms with E-state index in [4.69, 9.17) is 4.74 Å². The fourth-order valence-electron chi connectivity index (χ4n) is 2.45. The van der Waals surface area contributed by atoms with Crippen LogP contribution >= 0.6 is 0 Å². The number of aliphatic hydroxyl groups is 1. The van der Waals surface area contributed by atoms with Crippen molar-refractivity contribution in [3.05, 3.63) is 0 Å². The van der Waals surface area contributed by atoms with E-state index in [0.29, 0.717) is 6.04 Å². The summed E-state index contributed by atoms with van der Waals surface area (Å²) in [5.74, 6) is 0.761. The average molecular weight is 199 g/mol. The molecule has 82 valence electrons. The topological polar surface area (TPSA) is 41.5 Å². The highest BCUT2D eigenvalue weighted by Crippen LogP contribution is 2.20. The van der Waals surface area contributed by atoms with Crippen LogP contribution in [-0.4, -0.2) is 37.0 Å². The molecule has 0 spiro atoms. The Labute approximate surface area is 85.8 Å². The van der Waals surface area contributed by atoms with Gasteiger partial charge in [-0.3, -0.25) is 0 Å². The maximum atomic E-state index is 9.63. The molecule has 0 amide bonds. The Morgan fingerprint density at radius 2 is 1.93 bits per heavy atom. The van der Waals surface area contributed by atoms with Crippen LogP contribution in [0.15, 0.2) is 0 Å². The SMILES string of the molecule is O[C@@H]1CCC[C@H]1NCC1CCOCC1. The van der Waals surface area contributed by atoms with Crippen molar-refractivity contribution < 1.29 is 9.84 Å². The van der Waals surface area contributed by atoms with Crippen LogP contribution in [0.1, 0.15) is 32.1 Å². The van der Waals surface area contributed by atoms with Crippen molar-refractivity contribution in [2.45, 2.75) is 44.2 Å². The summed E-state index contributed by atoms with van der Waals surface area (Å²) in [6.07, 6.45) is 5.54. The lowest BCUT2D eigenvalue weighted by atomic mass is 10.00. The van der Waals surface area contributed by atoms with Gasteiger partial charge in [0.15, 0.2) is 0 Å². The van der Waals surface area contributed by atoms with Crippen LogP contribution in [-0.2, 0) is 4.74 Å². The van der Waals surface area contributed by atoms with Crippen LogP contribution in [0.3, 0.4) is 0 Å². The summed E-state index contributed by atoms with van der Waals surface area (Å²) in [5, 5.41) is 13.1. The van der Waals surface area contributed by atoms with Crippen LogP contribution in [0.4, 0.5) is 0 Å². The van der Waals surface area contributed by atoms with Crippen LogP contribution in [0.25, 0.3) is 0 Å². The quantitative estimate of drug-likeness (QED) is 0.710. The van der Waals surface area contributed by atoms with Gasteiger partial charge in [-0.25, -0.2) is 0 Å². The summed E-state index contributed by atoms with van der Waals surface area (Å²) in [6.45, 7) is 2.89. The highest BCUT2D eigenvalue weighted by Gasteiger charge is 2.25. The standard InChI is InChI=1S/C11H21NO2/c13-11-3-1-2-10(11)12-8-9-4-6-14-7-5-9/h9-13H,1-8H2/t10-,11-/m1/s1. The Morgan fingerprint density at radius 3 is 2.57 bits per heavy atom. The van der Waals surface area contributed by atoms with Gasteiger partial charge in [-0.15, -0.1) is 0 Å². The first-order valence-electron chi connectivity index (χ1n) is 5.85. The number of rotatable bonds is 3. The van der Waals surface area contributed by atoms with Crippen molar-refractivity contribution in [2.75, 3.05) is 19.8 Å². The number of hydrogen-bond acceptors (Lipinski definition) is 3. The number of ether oxygens (including phenoxy) is 1. The fourth-order valence-corrected chi connectivity index (χ4v) is 2.45. The van der Waals surface area contributed by atoms with E-state index < -0.39 is 0 Å². The summed E-state index contributed by atoms with van der Waals surface area (Å²) in [7, 11) is 0. The highest BCUT2D eigenvalue weighted by atomic mass is 16.5. The lowest BCUT2D eigenvalue weighted by Gasteiger charge is -2.25. The van der Waals surface area contributed by atoms with Crippen molar-refractivity contribution in [1.82, 2.24) is 5.32 Å². The second-order valence-electron chi connectivity index (χ2n) is 4.57. The molecule has 3 nitrogen and oxygen atoms in total. The minimum Gasteiger partial charge on any atom is -0.392 e. The lowest BCUT2D eigenvalue weighted by Crippen LogP contribution is -2.39. The van der Waals surface area contributed by atoms with Gasteiger partial charge in [0, 0.05) is 19.3 Å². The lowest BCUT2D eigenvalue weighted by molar-refractivity contribution is 0.0629. The minimum absolute atomic E-state index is 0.102. The van der Waals surface area contributed by atoms with Gasteiger partial charge >= 0.3 is 0 Å². The summed E-state index contributed by atoms with van der Waals surface area (Å²) in [5.41, 5.74) is 0. The molecule has 0 aromatic heterocycles. The zero-order chi connectivity index (χ0) is 9.80. The van der Waals surface area contributed by atoms with Gasteiger partial charge in [0.25, 0.3) is 0 Å². The molecule has 2 atom stereocenters. The van der Waals surface area contributed by atoms with E-state index in [1.165, 1.54) is 19.3 Å². The molecule has 2 aliphatic rings. The van der Waals surface area contributed by atoms with E-state index in [-0.39, 0.29) is 6.10 Å². The molecule has 0 aromatic rings. The van der Waals surface area contributed by atoms with Gasteiger partial charge in [-0.2, -0.15) is 0 Å². The molecule has 0 unspecified atom stereocenters. The molecule has 0 radical (unpaired) electrons. The maximum absolute atomic E-state index is 9.63. The molecule has 2 N–H and O–H groups in total. The first kappa shape index (κ1) is 10.4. The third-order valence-electron chi connectivity index (χ3n) is 3.49. The summed E-state index contributed by atoms with van der Waals surface area (Å²) in [4.78, 5) is 0. The number of aliphatic hydroxyl groups excluding tert-OH is 1. The van der Waals surface area contributed by atoms with Crippen LogP contribution in [0.2, 0.25) is 0 Å². The maximum Gasteiger partial charge on any atom is 0.0693 e. The van der Waals surface area contributed by atoms with E-state index in [0.717, 1.165) is 38.5 Å². The fraction of sp³-hybridized carbons (Fsp3) is 1.00. The molecule has 1 saturated heterocycles. The first-order chi connectivity index (χ1) is 6.86. The van der Waals surface area contributed by atoms with Crippen molar-refractivity contribution >= 4 is 0 Å². The predicted molar refractivity (Wildman–Crippen MR) is 55.2 cm³/mol. The largest absolute Gasteiger partial charge is 0.392 e. The third-order valence-corrected chi connectivity index (χ3v) is 3.49. The molecule has 14 heavy (non-hydrogen) atoms. The zero-order valence-electron chi connectivity index (χ0n) is 8.74. The van der Waals surface area contributed by atoms with Gasteiger partial charge in [-0.05, 0) is 44.6 Å². The Balaban J connectivity index is 1.65. The Kier molecular flexibility index (Phi) is 3.79. The van der Waals surface area contributed by atoms with Crippen molar-refractivity contribution in [1.29, 1.82) is 0 Å². The van der Waals surface area contributed by atoms with Gasteiger partial charge < -0.3 is 15.2 Å². The van der Waals surface area contributed by atoms with Gasteiger partial charge in [0.05, 0.1) is 6.10 Å². The molecular weight excluding hydrogens is 178 g/mol. The molecule has 1 aliphatic carbocycles. The monoisotopic (exact) mass is 199 g/mol. The third kappa shape index (κ3) is 2.69. The molecule has 0 aromatic carbocycles. The molecule has 1 saturated carbocycles. The highest BCUT2D eigenvalue weighted by molar-refractivity contribution is 4.83. The van der Waals surface area contributed by atoms with Crippen molar-refractivity contribution in [3.8, 4) is 0 Å². The second kappa shape index (κ2) is 5.10. The molecular formula is C11H21NO2. The van der Waals surface area contributed by atoms with E-state index in [2.05, 4.69) is 5.32 Å². The summed E-state index contributed by atoms with van der Waals surface area (Å²) in [6, 6.07) is 0.359. The molecule has 2 fully saturated rings. The molecule has 1 aliphatic heterocycles. The second-order valence-corrected chi connectivity index (χ2v) is 4.57. The van der Waals surface area contributed by atoms with Gasteiger partial charge in [-0.1, -0.05) is 0 Å². The predicted octanol–water partition coefficient (Wildman–Crippen LogP) is 0.916. The Bertz CT molecular complexity index is 169. The molecule has 1 heterocycles. The van der Waals surface area contributed by atoms with Gasteiger partial charge in [0.2, 0.25) is 0 Å². The zero-order valence-corrected chi connectivity index (χ0v) is 8.74. The average Bonchev–Trinajstić information content (AvgIpc) is 2.63. The van der Waals surface area contributed by atoms with E-state index in [1.807, 2.05) is 0 Å². The van der Waals surface area contributed by atoms with Gasteiger partial charge in [0.1, 0.15) is 0 Å².